The molecule has 20 heavy (non-hydrogen) atoms. The van der Waals surface area contributed by atoms with Crippen LogP contribution in [0.3, 0.4) is 0 Å². The Balaban J connectivity index is 1.70. The second-order valence-corrected chi connectivity index (χ2v) is 5.74. The van der Waals surface area contributed by atoms with E-state index in [1.54, 1.807) is 6.07 Å². The highest BCUT2D eigenvalue weighted by atomic mass is 19.1. The molecule has 1 aromatic heterocycles. The molecule has 1 aromatic rings. The molecular formula is C15H21FN2O2. The molecule has 0 radical (unpaired) electrons. The molecule has 2 heterocycles. The third kappa shape index (κ3) is 3.00. The summed E-state index contributed by atoms with van der Waals surface area (Å²) in [7, 11) is 0. The molecule has 1 saturated carbocycles. The molecule has 110 valence electrons. The van der Waals surface area contributed by atoms with Crippen LogP contribution in [0.15, 0.2) is 18.3 Å². The Morgan fingerprint density at radius 1 is 1.40 bits per heavy atom. The molecule has 0 aromatic carbocycles. The molecule has 0 amide bonds. The molecule has 1 aliphatic heterocycles. The lowest BCUT2D eigenvalue weighted by atomic mass is 9.94. The molecule has 5 heteroatoms. The number of aromatic nitrogens is 1. The van der Waals surface area contributed by atoms with Gasteiger partial charge in [0.05, 0.1) is 31.2 Å². The van der Waals surface area contributed by atoms with Crippen molar-refractivity contribution in [3.05, 3.63) is 29.8 Å². The van der Waals surface area contributed by atoms with Crippen molar-refractivity contribution in [2.24, 2.45) is 5.92 Å². The van der Waals surface area contributed by atoms with Crippen molar-refractivity contribution in [2.45, 2.75) is 38.0 Å². The Hall–Kier alpha value is -1.04. The van der Waals surface area contributed by atoms with Crippen LogP contribution in [0, 0.1) is 11.7 Å². The number of aliphatic hydroxyl groups is 1. The van der Waals surface area contributed by atoms with Crippen LogP contribution in [0.4, 0.5) is 4.39 Å². The van der Waals surface area contributed by atoms with Gasteiger partial charge in [-0.15, -0.1) is 0 Å². The highest BCUT2D eigenvalue weighted by molar-refractivity contribution is 5.06. The van der Waals surface area contributed by atoms with Gasteiger partial charge in [-0.1, -0.05) is 6.42 Å². The van der Waals surface area contributed by atoms with E-state index in [9.17, 15) is 9.50 Å². The molecule has 2 aliphatic rings. The van der Waals surface area contributed by atoms with E-state index in [0.717, 1.165) is 31.5 Å². The number of morpholine rings is 1. The molecule has 0 spiro atoms. The minimum atomic E-state index is -0.307. The van der Waals surface area contributed by atoms with Crippen LogP contribution in [0.2, 0.25) is 0 Å². The Bertz CT molecular complexity index is 440. The van der Waals surface area contributed by atoms with Crippen LogP contribution in [-0.4, -0.2) is 46.9 Å². The molecular weight excluding hydrogens is 259 g/mol. The average Bonchev–Trinajstić information content (AvgIpc) is 2.88. The fourth-order valence-electron chi connectivity index (χ4n) is 3.37. The first-order valence-electron chi connectivity index (χ1n) is 7.34. The number of hydrogen-bond donors (Lipinski definition) is 1. The number of rotatable bonds is 3. The maximum Gasteiger partial charge on any atom is 0.141 e. The summed E-state index contributed by atoms with van der Waals surface area (Å²) in [6.45, 7) is 2.91. The zero-order chi connectivity index (χ0) is 13.9. The van der Waals surface area contributed by atoms with Gasteiger partial charge in [0.1, 0.15) is 5.82 Å². The third-order valence-corrected chi connectivity index (χ3v) is 4.46. The van der Waals surface area contributed by atoms with E-state index < -0.39 is 0 Å². The summed E-state index contributed by atoms with van der Waals surface area (Å²) >= 11 is 0. The van der Waals surface area contributed by atoms with Gasteiger partial charge in [0.2, 0.25) is 0 Å². The smallest absolute Gasteiger partial charge is 0.141 e. The van der Waals surface area contributed by atoms with Crippen LogP contribution in [0.5, 0.6) is 0 Å². The number of pyridine rings is 1. The number of aliphatic hydroxyl groups excluding tert-OH is 1. The standard InChI is InChI=1S/C15H21FN2O2/c16-11-4-5-12(17-8-11)9-18-6-7-20-10-14(18)13-2-1-3-15(13)19/h4-5,8,13-15,19H,1-3,6-7,9-10H2/t13-,14-,15+/m0/s1. The van der Waals surface area contributed by atoms with E-state index in [0.29, 0.717) is 19.8 Å². The van der Waals surface area contributed by atoms with Crippen molar-refractivity contribution in [1.29, 1.82) is 0 Å². The zero-order valence-corrected chi connectivity index (χ0v) is 11.5. The van der Waals surface area contributed by atoms with Gasteiger partial charge in [-0.2, -0.15) is 0 Å². The lowest BCUT2D eigenvalue weighted by molar-refractivity contribution is -0.0540. The maximum atomic E-state index is 12.9. The van der Waals surface area contributed by atoms with E-state index in [1.807, 2.05) is 0 Å². The normalized spacial score (nSPS) is 31.6. The molecule has 4 nitrogen and oxygen atoms in total. The van der Waals surface area contributed by atoms with E-state index in [4.69, 9.17) is 4.74 Å². The molecule has 1 saturated heterocycles. The summed E-state index contributed by atoms with van der Waals surface area (Å²) in [6, 6.07) is 3.42. The Labute approximate surface area is 118 Å². The van der Waals surface area contributed by atoms with Crippen LogP contribution in [0.25, 0.3) is 0 Å². The van der Waals surface area contributed by atoms with E-state index >= 15 is 0 Å². The van der Waals surface area contributed by atoms with Crippen molar-refractivity contribution < 1.29 is 14.2 Å². The summed E-state index contributed by atoms with van der Waals surface area (Å²) in [6.07, 6.45) is 4.08. The average molecular weight is 280 g/mol. The minimum absolute atomic E-state index is 0.217. The van der Waals surface area contributed by atoms with Crippen LogP contribution < -0.4 is 0 Å². The van der Waals surface area contributed by atoms with E-state index in [1.165, 1.54) is 12.3 Å². The van der Waals surface area contributed by atoms with Gasteiger partial charge < -0.3 is 9.84 Å². The predicted molar refractivity (Wildman–Crippen MR) is 72.6 cm³/mol. The van der Waals surface area contributed by atoms with Crippen LogP contribution in [-0.2, 0) is 11.3 Å². The fourth-order valence-corrected chi connectivity index (χ4v) is 3.37. The second-order valence-electron chi connectivity index (χ2n) is 5.74. The zero-order valence-electron chi connectivity index (χ0n) is 11.5. The first kappa shape index (κ1) is 13.9. The Morgan fingerprint density at radius 2 is 2.30 bits per heavy atom. The summed E-state index contributed by atoms with van der Waals surface area (Å²) in [4.78, 5) is 6.45. The second kappa shape index (κ2) is 6.16. The van der Waals surface area contributed by atoms with Crippen molar-refractivity contribution in [1.82, 2.24) is 9.88 Å². The fraction of sp³-hybridized carbons (Fsp3) is 0.667. The molecule has 3 rings (SSSR count). The summed E-state index contributed by atoms with van der Waals surface area (Å²) in [5, 5.41) is 10.1. The van der Waals surface area contributed by atoms with Crippen LogP contribution in [0.1, 0.15) is 25.0 Å². The minimum Gasteiger partial charge on any atom is -0.393 e. The summed E-state index contributed by atoms with van der Waals surface area (Å²) < 4.78 is 18.5. The lowest BCUT2D eigenvalue weighted by Crippen LogP contribution is -2.50. The first-order chi connectivity index (χ1) is 9.74. The van der Waals surface area contributed by atoms with Gasteiger partial charge in [-0.25, -0.2) is 4.39 Å². The predicted octanol–water partition coefficient (Wildman–Crippen LogP) is 1.58. The molecule has 1 N–H and O–H groups in total. The van der Waals surface area contributed by atoms with Crippen molar-refractivity contribution in [3.63, 3.8) is 0 Å². The topological polar surface area (TPSA) is 45.6 Å². The first-order valence-corrected chi connectivity index (χ1v) is 7.34. The van der Waals surface area contributed by atoms with Gasteiger partial charge in [-0.3, -0.25) is 9.88 Å². The van der Waals surface area contributed by atoms with Gasteiger partial charge in [0, 0.05) is 25.0 Å². The van der Waals surface area contributed by atoms with Crippen molar-refractivity contribution in [3.8, 4) is 0 Å². The Kier molecular flexibility index (Phi) is 4.29. The molecule has 2 fully saturated rings. The Morgan fingerprint density at radius 3 is 3.00 bits per heavy atom. The number of nitrogens with zero attached hydrogens (tertiary/aromatic N) is 2. The largest absolute Gasteiger partial charge is 0.393 e. The molecule has 1 aliphatic carbocycles. The number of hydrogen-bond acceptors (Lipinski definition) is 4. The SMILES string of the molecule is O[C@@H]1CCC[C@H]1[C@@H]1COCCN1Cc1ccc(F)cn1. The molecule has 0 bridgehead atoms. The highest BCUT2D eigenvalue weighted by Crippen LogP contribution is 2.32. The molecule has 0 unspecified atom stereocenters. The van der Waals surface area contributed by atoms with E-state index in [2.05, 4.69) is 9.88 Å². The summed E-state index contributed by atoms with van der Waals surface area (Å²) in [5.74, 6) is -0.0192. The van der Waals surface area contributed by atoms with Crippen molar-refractivity contribution in [2.75, 3.05) is 19.8 Å². The number of halogens is 1. The van der Waals surface area contributed by atoms with Gasteiger partial charge in [-0.05, 0) is 25.0 Å². The van der Waals surface area contributed by atoms with Gasteiger partial charge in [0.15, 0.2) is 0 Å². The molecule has 3 atom stereocenters. The summed E-state index contributed by atoms with van der Waals surface area (Å²) in [5.41, 5.74) is 0.866. The monoisotopic (exact) mass is 280 g/mol. The third-order valence-electron chi connectivity index (χ3n) is 4.46. The quantitative estimate of drug-likeness (QED) is 0.913. The van der Waals surface area contributed by atoms with Gasteiger partial charge >= 0.3 is 0 Å². The van der Waals surface area contributed by atoms with E-state index in [-0.39, 0.29) is 23.9 Å². The van der Waals surface area contributed by atoms with Gasteiger partial charge in [0.25, 0.3) is 0 Å². The number of ether oxygens (including phenoxy) is 1. The maximum absolute atomic E-state index is 12.9. The lowest BCUT2D eigenvalue weighted by Gasteiger charge is -2.39. The van der Waals surface area contributed by atoms with Crippen LogP contribution >= 0.6 is 0 Å². The van der Waals surface area contributed by atoms with Crippen molar-refractivity contribution >= 4 is 0 Å². The highest BCUT2D eigenvalue weighted by Gasteiger charge is 2.37.